The summed E-state index contributed by atoms with van der Waals surface area (Å²) in [4.78, 5) is 28.6. The summed E-state index contributed by atoms with van der Waals surface area (Å²) in [6, 6.07) is 5.00. The maximum atomic E-state index is 12.8. The van der Waals surface area contributed by atoms with Crippen molar-refractivity contribution < 1.29 is 23.5 Å². The summed E-state index contributed by atoms with van der Waals surface area (Å²) >= 11 is 3.40. The number of amides is 2. The fourth-order valence-corrected chi connectivity index (χ4v) is 3.41. The number of furan rings is 1. The van der Waals surface area contributed by atoms with E-state index < -0.39 is 0 Å². The highest BCUT2D eigenvalue weighted by molar-refractivity contribution is 9.10. The van der Waals surface area contributed by atoms with E-state index in [0.717, 1.165) is 0 Å². The average molecular weight is 423 g/mol. The molecule has 26 heavy (non-hydrogen) atoms. The zero-order valence-corrected chi connectivity index (χ0v) is 16.1. The Hall–Kier alpha value is -2.48. The van der Waals surface area contributed by atoms with Gasteiger partial charge in [-0.3, -0.25) is 9.59 Å². The minimum Gasteiger partial charge on any atom is -0.495 e. The molecule has 7 nitrogen and oxygen atoms in total. The molecule has 138 valence electrons. The van der Waals surface area contributed by atoms with Gasteiger partial charge in [0.15, 0.2) is 0 Å². The van der Waals surface area contributed by atoms with E-state index in [1.54, 1.807) is 28.0 Å². The molecule has 2 heterocycles. The van der Waals surface area contributed by atoms with Gasteiger partial charge in [0.2, 0.25) is 0 Å². The number of nitrogens with zero attached hydrogens (tertiary/aromatic N) is 2. The lowest BCUT2D eigenvalue weighted by molar-refractivity contribution is 0.0534. The molecular weight excluding hydrogens is 404 g/mol. The summed E-state index contributed by atoms with van der Waals surface area (Å²) < 4.78 is 16.2. The standard InChI is InChI=1S/C18H19BrN2O5/c1-24-14-9-13(10-15(25-2)16(14)19)18(23)21-6-4-20(5-7-21)17(22)12-3-8-26-11-12/h3,8-11H,4-7H2,1-2H3. The average Bonchev–Trinajstić information content (AvgIpc) is 3.22. The van der Waals surface area contributed by atoms with Crippen LogP contribution < -0.4 is 9.47 Å². The van der Waals surface area contributed by atoms with Gasteiger partial charge < -0.3 is 23.7 Å². The minimum atomic E-state index is -0.121. The number of carbonyl (C=O) groups is 2. The van der Waals surface area contributed by atoms with Crippen molar-refractivity contribution >= 4 is 27.7 Å². The third kappa shape index (κ3) is 3.55. The number of hydrogen-bond acceptors (Lipinski definition) is 5. The molecule has 0 aliphatic carbocycles. The van der Waals surface area contributed by atoms with Gasteiger partial charge in [-0.05, 0) is 34.1 Å². The molecule has 0 unspecified atom stereocenters. The number of halogens is 1. The number of rotatable bonds is 4. The Kier molecular flexibility index (Phi) is 5.51. The van der Waals surface area contributed by atoms with E-state index in [1.807, 2.05) is 0 Å². The Morgan fingerprint density at radius 1 is 0.962 bits per heavy atom. The van der Waals surface area contributed by atoms with Crippen LogP contribution in [0.2, 0.25) is 0 Å². The molecule has 0 radical (unpaired) electrons. The Morgan fingerprint density at radius 3 is 1.88 bits per heavy atom. The van der Waals surface area contributed by atoms with Crippen LogP contribution in [0.5, 0.6) is 11.5 Å². The number of ether oxygens (including phenoxy) is 2. The van der Waals surface area contributed by atoms with Crippen LogP contribution in [0.3, 0.4) is 0 Å². The van der Waals surface area contributed by atoms with E-state index >= 15 is 0 Å². The summed E-state index contributed by atoms with van der Waals surface area (Å²) in [6.45, 7) is 1.87. The number of piperazine rings is 1. The van der Waals surface area contributed by atoms with Crippen molar-refractivity contribution in [2.45, 2.75) is 0 Å². The van der Waals surface area contributed by atoms with Gasteiger partial charge in [0.25, 0.3) is 11.8 Å². The van der Waals surface area contributed by atoms with Crippen LogP contribution >= 0.6 is 15.9 Å². The lowest BCUT2D eigenvalue weighted by atomic mass is 10.1. The van der Waals surface area contributed by atoms with Gasteiger partial charge >= 0.3 is 0 Å². The van der Waals surface area contributed by atoms with Crippen molar-refractivity contribution in [3.05, 3.63) is 46.3 Å². The molecule has 0 N–H and O–H groups in total. The summed E-state index contributed by atoms with van der Waals surface area (Å²) in [5.74, 6) is 0.852. The molecule has 0 spiro atoms. The second kappa shape index (κ2) is 7.82. The SMILES string of the molecule is COc1cc(C(=O)N2CCN(C(=O)c3ccoc3)CC2)cc(OC)c1Br. The molecule has 1 aromatic heterocycles. The molecule has 0 bridgehead atoms. The van der Waals surface area contributed by atoms with Gasteiger partial charge in [0.05, 0.1) is 26.0 Å². The molecule has 1 aliphatic heterocycles. The maximum absolute atomic E-state index is 12.8. The second-order valence-electron chi connectivity index (χ2n) is 5.79. The zero-order chi connectivity index (χ0) is 18.7. The zero-order valence-electron chi connectivity index (χ0n) is 14.5. The fourth-order valence-electron chi connectivity index (χ4n) is 2.86. The maximum Gasteiger partial charge on any atom is 0.257 e. The first-order valence-electron chi connectivity index (χ1n) is 8.07. The Bertz CT molecular complexity index is 773. The molecule has 2 aromatic rings. The summed E-state index contributed by atoms with van der Waals surface area (Å²) in [5.41, 5.74) is 1.00. The van der Waals surface area contributed by atoms with Gasteiger partial charge in [0, 0.05) is 31.7 Å². The molecule has 1 fully saturated rings. The van der Waals surface area contributed by atoms with Crippen LogP contribution in [0.15, 0.2) is 39.6 Å². The quantitative estimate of drug-likeness (QED) is 0.756. The van der Waals surface area contributed by atoms with Gasteiger partial charge in [-0.15, -0.1) is 0 Å². The fraction of sp³-hybridized carbons (Fsp3) is 0.333. The third-order valence-electron chi connectivity index (χ3n) is 4.31. The normalized spacial score (nSPS) is 14.3. The Morgan fingerprint density at radius 2 is 1.46 bits per heavy atom. The number of carbonyl (C=O) groups excluding carboxylic acids is 2. The predicted octanol–water partition coefficient (Wildman–Crippen LogP) is 2.66. The van der Waals surface area contributed by atoms with Crippen molar-refractivity contribution in [2.24, 2.45) is 0 Å². The minimum absolute atomic E-state index is 0.0853. The van der Waals surface area contributed by atoms with Gasteiger partial charge in [-0.1, -0.05) is 0 Å². The second-order valence-corrected chi connectivity index (χ2v) is 6.58. The first-order valence-corrected chi connectivity index (χ1v) is 8.86. The highest BCUT2D eigenvalue weighted by atomic mass is 79.9. The van der Waals surface area contributed by atoms with E-state index in [-0.39, 0.29) is 11.8 Å². The van der Waals surface area contributed by atoms with Gasteiger partial charge in [-0.25, -0.2) is 0 Å². The van der Waals surface area contributed by atoms with Crippen LogP contribution in [0.1, 0.15) is 20.7 Å². The molecule has 0 atom stereocenters. The molecule has 1 aliphatic rings. The predicted molar refractivity (Wildman–Crippen MR) is 97.8 cm³/mol. The lowest BCUT2D eigenvalue weighted by Gasteiger charge is -2.34. The van der Waals surface area contributed by atoms with E-state index in [0.29, 0.717) is 53.3 Å². The van der Waals surface area contributed by atoms with Crippen molar-refractivity contribution in [1.82, 2.24) is 9.80 Å². The van der Waals surface area contributed by atoms with E-state index in [9.17, 15) is 9.59 Å². The lowest BCUT2D eigenvalue weighted by Crippen LogP contribution is -2.50. The summed E-state index contributed by atoms with van der Waals surface area (Å²) in [6.07, 6.45) is 2.90. The van der Waals surface area contributed by atoms with Crippen LogP contribution in [0, 0.1) is 0 Å². The van der Waals surface area contributed by atoms with Crippen molar-refractivity contribution in [3.8, 4) is 11.5 Å². The van der Waals surface area contributed by atoms with Crippen LogP contribution in [-0.2, 0) is 0 Å². The van der Waals surface area contributed by atoms with Crippen LogP contribution in [0.25, 0.3) is 0 Å². The highest BCUT2D eigenvalue weighted by Gasteiger charge is 2.27. The van der Waals surface area contributed by atoms with E-state index in [2.05, 4.69) is 15.9 Å². The van der Waals surface area contributed by atoms with Gasteiger partial charge in [-0.2, -0.15) is 0 Å². The van der Waals surface area contributed by atoms with Crippen molar-refractivity contribution in [3.63, 3.8) is 0 Å². The largest absolute Gasteiger partial charge is 0.495 e. The molecule has 1 aromatic carbocycles. The topological polar surface area (TPSA) is 72.2 Å². The summed E-state index contributed by atoms with van der Waals surface area (Å²) in [7, 11) is 3.07. The molecule has 0 saturated carbocycles. The highest BCUT2D eigenvalue weighted by Crippen LogP contribution is 2.36. The van der Waals surface area contributed by atoms with Gasteiger partial charge in [0.1, 0.15) is 22.2 Å². The molecule has 3 rings (SSSR count). The van der Waals surface area contributed by atoms with Crippen LogP contribution in [-0.4, -0.2) is 62.0 Å². The number of hydrogen-bond donors (Lipinski definition) is 0. The smallest absolute Gasteiger partial charge is 0.257 e. The van der Waals surface area contributed by atoms with Crippen molar-refractivity contribution in [2.75, 3.05) is 40.4 Å². The Balaban J connectivity index is 1.70. The summed E-state index contributed by atoms with van der Waals surface area (Å²) in [5, 5.41) is 0. The first-order chi connectivity index (χ1) is 12.5. The van der Waals surface area contributed by atoms with Crippen LogP contribution in [0.4, 0.5) is 0 Å². The number of methoxy groups -OCH3 is 2. The Labute approximate surface area is 159 Å². The molecule has 2 amide bonds. The monoisotopic (exact) mass is 422 g/mol. The van der Waals surface area contributed by atoms with E-state index in [1.165, 1.54) is 26.7 Å². The van der Waals surface area contributed by atoms with E-state index in [4.69, 9.17) is 13.9 Å². The molecule has 1 saturated heterocycles. The number of benzene rings is 1. The third-order valence-corrected chi connectivity index (χ3v) is 5.10. The first kappa shape index (κ1) is 18.3. The molecule has 8 heteroatoms. The molecular formula is C18H19BrN2O5. The van der Waals surface area contributed by atoms with Crippen molar-refractivity contribution in [1.29, 1.82) is 0 Å².